The third-order valence-corrected chi connectivity index (χ3v) is 5.93. The number of carbonyl (C=O) groups is 1. The number of fused-ring (bicyclic) bond motifs is 1. The Labute approximate surface area is 170 Å². The maximum Gasteiger partial charge on any atom is 0.301 e. The summed E-state index contributed by atoms with van der Waals surface area (Å²) in [6, 6.07) is 23.6. The molecule has 6 heteroatoms. The fourth-order valence-corrected chi connectivity index (χ4v) is 4.57. The van der Waals surface area contributed by atoms with Crippen LogP contribution in [-0.4, -0.2) is 21.8 Å². The van der Waals surface area contributed by atoms with E-state index in [2.05, 4.69) is 50.5 Å². The Bertz CT molecular complexity index is 1160. The molecule has 2 aliphatic heterocycles. The summed E-state index contributed by atoms with van der Waals surface area (Å²) in [7, 11) is 0. The van der Waals surface area contributed by atoms with Crippen LogP contribution in [0.3, 0.4) is 0 Å². The van der Waals surface area contributed by atoms with Gasteiger partial charge in [0.2, 0.25) is 0 Å². The van der Waals surface area contributed by atoms with E-state index in [1.165, 1.54) is 5.01 Å². The molecule has 0 saturated carbocycles. The lowest BCUT2D eigenvalue weighted by atomic mass is 9.79. The van der Waals surface area contributed by atoms with Gasteiger partial charge in [-0.05, 0) is 51.3 Å². The van der Waals surface area contributed by atoms with Crippen LogP contribution in [0.25, 0.3) is 10.8 Å². The zero-order valence-electron chi connectivity index (χ0n) is 15.0. The highest BCUT2D eigenvalue weighted by Crippen LogP contribution is 2.46. The topological polar surface area (TPSA) is 54.3 Å². The van der Waals surface area contributed by atoms with E-state index in [0.29, 0.717) is 16.0 Å². The maximum atomic E-state index is 13.5. The van der Waals surface area contributed by atoms with E-state index in [1.807, 2.05) is 55.5 Å². The minimum atomic E-state index is -1.28. The minimum Gasteiger partial charge on any atom is -0.371 e. The number of para-hydroxylation sites is 1. The Morgan fingerprint density at radius 2 is 1.71 bits per heavy atom. The van der Waals surface area contributed by atoms with Gasteiger partial charge in [-0.1, -0.05) is 65.8 Å². The molecule has 0 fully saturated rings. The van der Waals surface area contributed by atoms with Crippen molar-refractivity contribution in [3.05, 3.63) is 78.4 Å². The van der Waals surface area contributed by atoms with Crippen LogP contribution in [-0.2, 0) is 9.63 Å². The SMILES string of the molecule is CC1=NN(c2ccccc2)C(=O)[C@@]12ON=C(Br)C2c1ccc2ccccc2c1. The fraction of sp³-hybridized carbons (Fsp3) is 0.136. The average Bonchev–Trinajstić information content (AvgIpc) is 3.21. The summed E-state index contributed by atoms with van der Waals surface area (Å²) in [6.07, 6.45) is 0. The molecule has 3 aromatic carbocycles. The average molecular weight is 434 g/mol. The Kier molecular flexibility index (Phi) is 3.84. The van der Waals surface area contributed by atoms with Crippen molar-refractivity contribution in [3.8, 4) is 0 Å². The van der Waals surface area contributed by atoms with Crippen molar-refractivity contribution in [3.63, 3.8) is 0 Å². The summed E-state index contributed by atoms with van der Waals surface area (Å²) < 4.78 is 0.584. The molecule has 28 heavy (non-hydrogen) atoms. The number of carbonyl (C=O) groups excluding carboxylic acids is 1. The van der Waals surface area contributed by atoms with Gasteiger partial charge in [0.1, 0.15) is 4.62 Å². The highest BCUT2D eigenvalue weighted by atomic mass is 79.9. The highest BCUT2D eigenvalue weighted by molar-refractivity contribution is 9.18. The summed E-state index contributed by atoms with van der Waals surface area (Å²) in [5, 5.41) is 12.3. The van der Waals surface area contributed by atoms with Gasteiger partial charge >= 0.3 is 5.91 Å². The predicted molar refractivity (Wildman–Crippen MR) is 114 cm³/mol. The van der Waals surface area contributed by atoms with Gasteiger partial charge < -0.3 is 4.84 Å². The van der Waals surface area contributed by atoms with Crippen molar-refractivity contribution in [1.29, 1.82) is 0 Å². The Morgan fingerprint density at radius 1 is 1.00 bits per heavy atom. The molecule has 5 nitrogen and oxygen atoms in total. The minimum absolute atomic E-state index is 0.243. The number of anilines is 1. The molecule has 1 amide bonds. The van der Waals surface area contributed by atoms with E-state index in [4.69, 9.17) is 4.84 Å². The number of oxime groups is 1. The Morgan fingerprint density at radius 3 is 2.50 bits per heavy atom. The van der Waals surface area contributed by atoms with Gasteiger partial charge in [-0.15, -0.1) is 0 Å². The van der Waals surface area contributed by atoms with Crippen LogP contribution in [0.2, 0.25) is 0 Å². The number of halogens is 1. The van der Waals surface area contributed by atoms with Gasteiger partial charge in [0.25, 0.3) is 5.60 Å². The summed E-state index contributed by atoms with van der Waals surface area (Å²) in [4.78, 5) is 19.3. The van der Waals surface area contributed by atoms with Crippen LogP contribution in [0.5, 0.6) is 0 Å². The van der Waals surface area contributed by atoms with E-state index in [9.17, 15) is 4.79 Å². The molecule has 138 valence electrons. The van der Waals surface area contributed by atoms with Crippen LogP contribution in [0.15, 0.2) is 83.1 Å². The molecule has 2 atom stereocenters. The van der Waals surface area contributed by atoms with Gasteiger partial charge in [-0.2, -0.15) is 10.1 Å². The summed E-state index contributed by atoms with van der Waals surface area (Å²) in [5.41, 5.74) is 0.951. The standard InChI is InChI=1S/C22H16BrN3O2/c1-14-22(21(27)26(24-14)18-9-3-2-4-10-18)19(20(23)25-28-22)17-12-11-15-7-5-6-8-16(15)13-17/h2-13,19H,1H3/t19?,22-/m1/s1. The molecular weight excluding hydrogens is 418 g/mol. The first-order valence-electron chi connectivity index (χ1n) is 8.97. The lowest BCUT2D eigenvalue weighted by Gasteiger charge is -2.27. The fourth-order valence-electron chi connectivity index (χ4n) is 3.91. The van der Waals surface area contributed by atoms with Crippen molar-refractivity contribution in [1.82, 2.24) is 0 Å². The molecule has 0 aromatic heterocycles. The van der Waals surface area contributed by atoms with Crippen LogP contribution in [0, 0.1) is 0 Å². The zero-order valence-corrected chi connectivity index (χ0v) is 16.6. The van der Waals surface area contributed by atoms with Crippen molar-refractivity contribution < 1.29 is 9.63 Å². The van der Waals surface area contributed by atoms with E-state index in [0.717, 1.165) is 16.3 Å². The monoisotopic (exact) mass is 433 g/mol. The number of rotatable bonds is 2. The smallest absolute Gasteiger partial charge is 0.301 e. The Balaban J connectivity index is 1.62. The van der Waals surface area contributed by atoms with Gasteiger partial charge in [-0.25, -0.2) is 0 Å². The van der Waals surface area contributed by atoms with E-state index >= 15 is 0 Å². The van der Waals surface area contributed by atoms with Crippen molar-refractivity contribution in [2.45, 2.75) is 18.4 Å². The van der Waals surface area contributed by atoms with Gasteiger partial charge in [0.05, 0.1) is 17.3 Å². The second-order valence-electron chi connectivity index (χ2n) is 6.92. The lowest BCUT2D eigenvalue weighted by Crippen LogP contribution is -2.50. The molecule has 5 rings (SSSR count). The number of hydrogen-bond acceptors (Lipinski definition) is 4. The van der Waals surface area contributed by atoms with Gasteiger partial charge in [0, 0.05) is 0 Å². The second kappa shape index (κ2) is 6.27. The summed E-state index contributed by atoms with van der Waals surface area (Å²) >= 11 is 3.52. The molecule has 0 saturated heterocycles. The Hall–Kier alpha value is -2.99. The molecular formula is C22H16BrN3O2. The third-order valence-electron chi connectivity index (χ3n) is 5.33. The lowest BCUT2D eigenvalue weighted by molar-refractivity contribution is -0.133. The van der Waals surface area contributed by atoms with Crippen molar-refractivity contribution in [2.24, 2.45) is 10.3 Å². The summed E-state index contributed by atoms with van der Waals surface area (Å²) in [5.74, 6) is -0.644. The highest BCUT2D eigenvalue weighted by Gasteiger charge is 2.62. The first kappa shape index (κ1) is 17.1. The number of nitrogens with zero attached hydrogens (tertiary/aromatic N) is 3. The van der Waals surface area contributed by atoms with Crippen LogP contribution in [0.1, 0.15) is 18.4 Å². The van der Waals surface area contributed by atoms with Gasteiger partial charge in [0.15, 0.2) is 0 Å². The zero-order chi connectivity index (χ0) is 19.3. The van der Waals surface area contributed by atoms with Crippen molar-refractivity contribution >= 4 is 48.6 Å². The molecule has 0 aliphatic carbocycles. The summed E-state index contributed by atoms with van der Waals surface area (Å²) in [6.45, 7) is 1.82. The quantitative estimate of drug-likeness (QED) is 0.581. The molecule has 2 aliphatic rings. The van der Waals surface area contributed by atoms with Crippen LogP contribution < -0.4 is 5.01 Å². The normalized spacial score (nSPS) is 23.9. The number of hydrogen-bond donors (Lipinski definition) is 0. The molecule has 1 unspecified atom stereocenters. The predicted octanol–water partition coefficient (Wildman–Crippen LogP) is 4.82. The maximum absolute atomic E-state index is 13.5. The number of hydrazone groups is 1. The molecule has 1 spiro atoms. The molecule has 2 heterocycles. The first-order valence-corrected chi connectivity index (χ1v) is 9.76. The molecule has 0 bridgehead atoms. The van der Waals surface area contributed by atoms with E-state index < -0.39 is 11.5 Å². The van der Waals surface area contributed by atoms with E-state index in [-0.39, 0.29) is 5.91 Å². The first-order chi connectivity index (χ1) is 13.6. The van der Waals surface area contributed by atoms with Crippen LogP contribution in [0.4, 0.5) is 5.69 Å². The number of amides is 1. The van der Waals surface area contributed by atoms with Crippen molar-refractivity contribution in [2.75, 3.05) is 5.01 Å². The van der Waals surface area contributed by atoms with Gasteiger partial charge in [-0.3, -0.25) is 4.79 Å². The largest absolute Gasteiger partial charge is 0.371 e. The number of benzene rings is 3. The van der Waals surface area contributed by atoms with E-state index in [1.54, 1.807) is 0 Å². The molecule has 0 N–H and O–H groups in total. The third kappa shape index (κ3) is 2.34. The second-order valence-corrected chi connectivity index (χ2v) is 7.73. The molecule has 3 aromatic rings. The van der Waals surface area contributed by atoms with Crippen LogP contribution >= 0.6 is 15.9 Å². The molecule has 0 radical (unpaired) electrons.